The number of carbonyl (C=O) groups excluding carboxylic acids is 1. The maximum absolute atomic E-state index is 12.2. The van der Waals surface area contributed by atoms with Crippen LogP contribution in [0, 0.1) is 0 Å². The Balaban J connectivity index is 1.69. The molecule has 0 unspecified atom stereocenters. The third kappa shape index (κ3) is 3.94. The van der Waals surface area contributed by atoms with Gasteiger partial charge in [0.15, 0.2) is 5.16 Å². The summed E-state index contributed by atoms with van der Waals surface area (Å²) >= 11 is 1.08. The number of carbonyl (C=O) groups is 1. The standard InChI is InChI=1S/C17H16N4O4S/c1-24-11-6-7-12(13(9-11)25-2)18-15(22)10-26-16-19-14-5-3-4-8-21(14)17(23)20-16/h3-9H,10H2,1-2H3,(H,18,22). The fourth-order valence-electron chi connectivity index (χ4n) is 2.23. The van der Waals surface area contributed by atoms with Gasteiger partial charge >= 0.3 is 5.69 Å². The smallest absolute Gasteiger partial charge is 0.355 e. The summed E-state index contributed by atoms with van der Waals surface area (Å²) in [5.41, 5.74) is 0.570. The van der Waals surface area contributed by atoms with Crippen molar-refractivity contribution in [1.29, 1.82) is 0 Å². The molecule has 9 heteroatoms. The van der Waals surface area contributed by atoms with Crippen LogP contribution in [0.5, 0.6) is 11.5 Å². The largest absolute Gasteiger partial charge is 0.497 e. The highest BCUT2D eigenvalue weighted by Gasteiger charge is 2.11. The minimum Gasteiger partial charge on any atom is -0.497 e. The molecule has 8 nitrogen and oxygen atoms in total. The SMILES string of the molecule is COc1ccc(NC(=O)CSc2nc(=O)n3ccccc3n2)c(OC)c1. The second kappa shape index (κ2) is 7.87. The minimum absolute atomic E-state index is 0.0532. The summed E-state index contributed by atoms with van der Waals surface area (Å²) in [5, 5.41) is 3.00. The van der Waals surface area contributed by atoms with E-state index in [0.29, 0.717) is 22.8 Å². The molecular weight excluding hydrogens is 356 g/mol. The summed E-state index contributed by atoms with van der Waals surface area (Å²) in [6.45, 7) is 0. The second-order valence-electron chi connectivity index (χ2n) is 5.12. The lowest BCUT2D eigenvalue weighted by Crippen LogP contribution is -2.20. The van der Waals surface area contributed by atoms with Crippen molar-refractivity contribution < 1.29 is 14.3 Å². The van der Waals surface area contributed by atoms with Crippen molar-refractivity contribution in [3.05, 3.63) is 53.1 Å². The molecular formula is C17H16N4O4S. The normalized spacial score (nSPS) is 10.5. The van der Waals surface area contributed by atoms with E-state index in [1.165, 1.54) is 11.5 Å². The molecule has 0 bridgehead atoms. The quantitative estimate of drug-likeness (QED) is 0.660. The zero-order chi connectivity index (χ0) is 18.5. The molecule has 2 heterocycles. The number of benzene rings is 1. The molecule has 0 aliphatic carbocycles. The number of nitrogens with one attached hydrogen (secondary N) is 1. The highest BCUT2D eigenvalue weighted by atomic mass is 32.2. The molecule has 134 valence electrons. The Morgan fingerprint density at radius 3 is 2.81 bits per heavy atom. The van der Waals surface area contributed by atoms with Crippen LogP contribution >= 0.6 is 11.8 Å². The van der Waals surface area contributed by atoms with Crippen molar-refractivity contribution in [2.75, 3.05) is 25.3 Å². The number of methoxy groups -OCH3 is 2. The maximum Gasteiger partial charge on any atom is 0.355 e. The van der Waals surface area contributed by atoms with Gasteiger partial charge in [0.05, 0.1) is 25.7 Å². The number of hydrogen-bond acceptors (Lipinski definition) is 7. The number of aromatic nitrogens is 3. The molecule has 1 N–H and O–H groups in total. The van der Waals surface area contributed by atoms with Crippen molar-refractivity contribution in [3.8, 4) is 11.5 Å². The average Bonchev–Trinajstić information content (AvgIpc) is 2.66. The Hall–Kier alpha value is -3.07. The number of fused-ring (bicyclic) bond motifs is 1. The summed E-state index contributed by atoms with van der Waals surface area (Å²) in [5.74, 6) is 0.898. The molecule has 0 saturated heterocycles. The van der Waals surface area contributed by atoms with Crippen molar-refractivity contribution >= 4 is 29.0 Å². The van der Waals surface area contributed by atoms with Crippen LogP contribution in [0.1, 0.15) is 0 Å². The van der Waals surface area contributed by atoms with E-state index in [0.717, 1.165) is 11.8 Å². The van der Waals surface area contributed by atoms with Gasteiger partial charge in [-0.2, -0.15) is 4.98 Å². The lowest BCUT2D eigenvalue weighted by molar-refractivity contribution is -0.113. The van der Waals surface area contributed by atoms with Crippen LogP contribution in [-0.2, 0) is 4.79 Å². The summed E-state index contributed by atoms with van der Waals surface area (Å²) in [6, 6.07) is 10.3. The molecule has 0 aliphatic heterocycles. The topological polar surface area (TPSA) is 94.8 Å². The van der Waals surface area contributed by atoms with Crippen LogP contribution in [-0.4, -0.2) is 40.2 Å². The molecule has 3 aromatic rings. The van der Waals surface area contributed by atoms with Crippen molar-refractivity contribution in [1.82, 2.24) is 14.4 Å². The van der Waals surface area contributed by atoms with Gasteiger partial charge in [-0.3, -0.25) is 9.20 Å². The van der Waals surface area contributed by atoms with Crippen molar-refractivity contribution in [3.63, 3.8) is 0 Å². The number of thioether (sulfide) groups is 1. The van der Waals surface area contributed by atoms with E-state index in [1.807, 2.05) is 0 Å². The number of rotatable bonds is 6. The van der Waals surface area contributed by atoms with Gasteiger partial charge in [0.1, 0.15) is 17.1 Å². The van der Waals surface area contributed by atoms with E-state index in [9.17, 15) is 9.59 Å². The van der Waals surface area contributed by atoms with E-state index >= 15 is 0 Å². The van der Waals surface area contributed by atoms with Gasteiger partial charge in [-0.15, -0.1) is 0 Å². The Kier molecular flexibility index (Phi) is 5.37. The molecule has 2 aromatic heterocycles. The molecule has 0 atom stereocenters. The summed E-state index contributed by atoms with van der Waals surface area (Å²) in [4.78, 5) is 32.3. The monoisotopic (exact) mass is 372 g/mol. The van der Waals surface area contributed by atoms with Gasteiger partial charge in [-0.1, -0.05) is 17.8 Å². The zero-order valence-electron chi connectivity index (χ0n) is 14.1. The first-order chi connectivity index (χ1) is 12.6. The minimum atomic E-state index is -0.435. The van der Waals surface area contributed by atoms with Crippen LogP contribution in [0.3, 0.4) is 0 Å². The van der Waals surface area contributed by atoms with E-state index in [4.69, 9.17) is 9.47 Å². The number of anilines is 1. The number of hydrogen-bond donors (Lipinski definition) is 1. The highest BCUT2D eigenvalue weighted by Crippen LogP contribution is 2.29. The lowest BCUT2D eigenvalue weighted by Gasteiger charge is -2.11. The number of nitrogens with zero attached hydrogens (tertiary/aromatic N) is 3. The van der Waals surface area contributed by atoms with Crippen molar-refractivity contribution in [2.45, 2.75) is 5.16 Å². The first kappa shape index (κ1) is 17.7. The first-order valence-electron chi connectivity index (χ1n) is 7.61. The molecule has 0 aliphatic rings. The zero-order valence-corrected chi connectivity index (χ0v) is 14.9. The van der Waals surface area contributed by atoms with Gasteiger partial charge in [0.2, 0.25) is 5.91 Å². The molecule has 0 fully saturated rings. The van der Waals surface area contributed by atoms with Gasteiger partial charge in [0, 0.05) is 12.3 Å². The Labute approximate surface area is 153 Å². The van der Waals surface area contributed by atoms with Crippen molar-refractivity contribution in [2.24, 2.45) is 0 Å². The number of amides is 1. The average molecular weight is 372 g/mol. The van der Waals surface area contributed by atoms with Gasteiger partial charge < -0.3 is 14.8 Å². The van der Waals surface area contributed by atoms with Crippen LogP contribution in [0.2, 0.25) is 0 Å². The predicted molar refractivity (Wildman–Crippen MR) is 98.2 cm³/mol. The molecule has 3 rings (SSSR count). The van der Waals surface area contributed by atoms with E-state index in [1.54, 1.807) is 49.7 Å². The fraction of sp³-hybridized carbons (Fsp3) is 0.176. The maximum atomic E-state index is 12.2. The molecule has 0 saturated carbocycles. The van der Waals surface area contributed by atoms with E-state index in [2.05, 4.69) is 15.3 Å². The first-order valence-corrected chi connectivity index (χ1v) is 8.59. The van der Waals surface area contributed by atoms with E-state index < -0.39 is 5.69 Å². The Morgan fingerprint density at radius 1 is 1.19 bits per heavy atom. The second-order valence-corrected chi connectivity index (χ2v) is 6.06. The van der Waals surface area contributed by atoms with E-state index in [-0.39, 0.29) is 16.8 Å². The molecule has 26 heavy (non-hydrogen) atoms. The third-order valence-electron chi connectivity index (χ3n) is 3.46. The fourth-order valence-corrected chi connectivity index (χ4v) is 2.86. The number of ether oxygens (including phenoxy) is 2. The molecule has 1 amide bonds. The van der Waals surface area contributed by atoms with Crippen LogP contribution in [0.25, 0.3) is 5.65 Å². The summed E-state index contributed by atoms with van der Waals surface area (Å²) < 4.78 is 11.7. The Morgan fingerprint density at radius 2 is 2.04 bits per heavy atom. The third-order valence-corrected chi connectivity index (χ3v) is 4.31. The Bertz CT molecular complexity index is 1010. The van der Waals surface area contributed by atoms with Gasteiger partial charge in [-0.25, -0.2) is 9.78 Å². The molecule has 0 spiro atoms. The summed E-state index contributed by atoms with van der Waals surface area (Å²) in [7, 11) is 3.06. The highest BCUT2D eigenvalue weighted by molar-refractivity contribution is 7.99. The lowest BCUT2D eigenvalue weighted by atomic mass is 10.2. The van der Waals surface area contributed by atoms with Gasteiger partial charge in [0.25, 0.3) is 0 Å². The molecule has 0 radical (unpaired) electrons. The predicted octanol–water partition coefficient (Wildman–Crippen LogP) is 1.84. The van der Waals surface area contributed by atoms with Gasteiger partial charge in [-0.05, 0) is 24.3 Å². The van der Waals surface area contributed by atoms with Crippen LogP contribution < -0.4 is 20.5 Å². The van der Waals surface area contributed by atoms with Crippen LogP contribution in [0.15, 0.2) is 52.5 Å². The van der Waals surface area contributed by atoms with Crippen LogP contribution in [0.4, 0.5) is 5.69 Å². The summed E-state index contributed by atoms with van der Waals surface area (Å²) in [6.07, 6.45) is 1.59. The molecule has 1 aromatic carbocycles. The number of pyridine rings is 1.